The van der Waals surface area contributed by atoms with Gasteiger partial charge in [0.2, 0.25) is 0 Å². The molecule has 2 aliphatic rings. The zero-order valence-corrected chi connectivity index (χ0v) is 27.7. The number of rotatable bonds is 8. The van der Waals surface area contributed by atoms with Gasteiger partial charge in [-0.05, 0) is 47.0 Å². The minimum atomic E-state index is -0.508. The van der Waals surface area contributed by atoms with Gasteiger partial charge in [-0.2, -0.15) is 10.2 Å². The number of amidine groups is 2. The summed E-state index contributed by atoms with van der Waals surface area (Å²) in [5, 5.41) is 21.2. The number of hydrogen-bond donors (Lipinski definition) is 2. The van der Waals surface area contributed by atoms with E-state index in [1.54, 1.807) is 36.4 Å². The molecule has 0 saturated heterocycles. The third kappa shape index (κ3) is 8.82. The number of benzene rings is 3. The van der Waals surface area contributed by atoms with E-state index in [4.69, 9.17) is 20.4 Å². The monoisotopic (exact) mass is 697 g/mol. The van der Waals surface area contributed by atoms with Crippen LogP contribution in [0, 0.1) is 10.1 Å². The highest BCUT2D eigenvalue weighted by atomic mass is 35.5. The molecule has 7 rings (SSSR count). The van der Waals surface area contributed by atoms with E-state index < -0.39 is 4.92 Å². The van der Waals surface area contributed by atoms with Crippen LogP contribution >= 0.6 is 35.1 Å². The molecule has 0 radical (unpaired) electrons. The normalized spacial score (nSPS) is 15.9. The summed E-state index contributed by atoms with van der Waals surface area (Å²) in [5.41, 5.74) is 11.7. The number of halogens is 1. The Morgan fingerprint density at radius 1 is 0.708 bits per heavy atom. The second-order valence-corrected chi connectivity index (χ2v) is 12.5. The molecule has 2 aromatic heterocycles. The second kappa shape index (κ2) is 16.1. The highest BCUT2D eigenvalue weighted by Gasteiger charge is 2.18. The minimum absolute atomic E-state index is 0.108. The molecule has 2 N–H and O–H groups in total. The Hall–Kier alpha value is -5.11. The molecule has 242 valence electrons. The Labute approximate surface area is 289 Å². The van der Waals surface area contributed by atoms with Gasteiger partial charge in [0, 0.05) is 23.1 Å². The van der Waals surface area contributed by atoms with E-state index in [0.717, 1.165) is 33.7 Å². The fourth-order valence-electron chi connectivity index (χ4n) is 4.51. The Balaban J connectivity index is 0.000000168. The van der Waals surface area contributed by atoms with Crippen LogP contribution in [0.5, 0.6) is 0 Å². The highest BCUT2D eigenvalue weighted by Crippen LogP contribution is 2.27. The van der Waals surface area contributed by atoms with Crippen molar-refractivity contribution in [1.29, 1.82) is 0 Å². The maximum atomic E-state index is 10.9. The van der Waals surface area contributed by atoms with Crippen LogP contribution in [0.25, 0.3) is 11.1 Å². The van der Waals surface area contributed by atoms with Crippen molar-refractivity contribution in [2.75, 3.05) is 11.5 Å². The van der Waals surface area contributed by atoms with Crippen molar-refractivity contribution >= 4 is 62.6 Å². The lowest BCUT2D eigenvalue weighted by Crippen LogP contribution is -2.25. The van der Waals surface area contributed by atoms with Crippen molar-refractivity contribution in [2.45, 2.75) is 13.1 Å². The summed E-state index contributed by atoms with van der Waals surface area (Å²) >= 11 is 8.94. The van der Waals surface area contributed by atoms with Gasteiger partial charge in [0.25, 0.3) is 5.69 Å². The van der Waals surface area contributed by atoms with Crippen LogP contribution in [0.2, 0.25) is 5.02 Å². The van der Waals surface area contributed by atoms with Crippen molar-refractivity contribution in [1.82, 2.24) is 10.9 Å². The van der Waals surface area contributed by atoms with Gasteiger partial charge in [-0.15, -0.1) is 0 Å². The molecule has 0 fully saturated rings. The van der Waals surface area contributed by atoms with Gasteiger partial charge in [0.15, 0.2) is 10.3 Å². The first-order valence-electron chi connectivity index (χ1n) is 14.7. The SMILES string of the molecule is O=[N+]([O-])c1cc(C2=NNC(=NCc3ccco3)SC2)ccc1Cl.c1ccc(-c2ccc(C3=NNC(=NCc4ccco4)SC3)cc2)cc1. The summed E-state index contributed by atoms with van der Waals surface area (Å²) in [6.45, 7) is 0.957. The molecule has 48 heavy (non-hydrogen) atoms. The number of nitro benzene ring substituents is 1. The van der Waals surface area contributed by atoms with Crippen molar-refractivity contribution in [3.63, 3.8) is 0 Å². The molecule has 0 saturated carbocycles. The van der Waals surface area contributed by atoms with Crippen molar-refractivity contribution in [3.05, 3.63) is 147 Å². The van der Waals surface area contributed by atoms with Crippen LogP contribution in [0.1, 0.15) is 22.6 Å². The number of nitrogens with zero attached hydrogens (tertiary/aromatic N) is 5. The summed E-state index contributed by atoms with van der Waals surface area (Å²) in [4.78, 5) is 19.3. The van der Waals surface area contributed by atoms with Gasteiger partial charge in [-0.3, -0.25) is 31.0 Å². The number of furan rings is 2. The first kappa shape index (κ1) is 32.8. The lowest BCUT2D eigenvalue weighted by molar-refractivity contribution is -0.384. The summed E-state index contributed by atoms with van der Waals surface area (Å²) in [6.07, 6.45) is 3.26. The molecular formula is C34H28ClN7O4S2. The van der Waals surface area contributed by atoms with E-state index in [1.807, 2.05) is 24.3 Å². The Morgan fingerprint density at radius 2 is 1.23 bits per heavy atom. The second-order valence-electron chi connectivity index (χ2n) is 10.2. The number of hydrogen-bond acceptors (Lipinski definition) is 10. The zero-order chi connectivity index (χ0) is 33.1. The molecule has 0 bridgehead atoms. The molecule has 0 unspecified atom stereocenters. The van der Waals surface area contributed by atoms with Crippen LogP contribution < -0.4 is 10.9 Å². The van der Waals surface area contributed by atoms with Crippen LogP contribution in [-0.4, -0.2) is 38.2 Å². The van der Waals surface area contributed by atoms with Gasteiger partial charge in [0.1, 0.15) is 16.5 Å². The number of aliphatic imine (C=N–C) groups is 2. The molecule has 4 heterocycles. The van der Waals surface area contributed by atoms with E-state index in [0.29, 0.717) is 35.3 Å². The number of thioether (sulfide) groups is 2. The maximum absolute atomic E-state index is 10.9. The standard InChI is InChI=1S/C20H17N3OS.C14H11ClN4O3S/c1-2-5-15(6-3-1)16-8-10-17(11-9-16)19-14-25-20(23-22-19)21-13-18-7-4-12-24-18;15-11-4-3-9(6-13(11)19(20)21)12-8-23-14(18-17-12)16-7-10-2-1-5-22-10/h1-12H,13-14H2,(H,21,23);1-6H,7-8H2,(H,16,18). The van der Waals surface area contributed by atoms with Crippen molar-refractivity contribution in [2.24, 2.45) is 20.2 Å². The summed E-state index contributed by atoms with van der Waals surface area (Å²) < 4.78 is 10.5. The average Bonchev–Trinajstić information content (AvgIpc) is 3.87. The maximum Gasteiger partial charge on any atom is 0.288 e. The molecule has 0 spiro atoms. The summed E-state index contributed by atoms with van der Waals surface area (Å²) in [5.74, 6) is 2.97. The fraction of sp³-hybridized carbons (Fsp3) is 0.118. The Morgan fingerprint density at radius 3 is 1.73 bits per heavy atom. The average molecular weight is 698 g/mol. The molecule has 0 amide bonds. The zero-order valence-electron chi connectivity index (χ0n) is 25.3. The van der Waals surface area contributed by atoms with E-state index in [1.165, 1.54) is 35.0 Å². The quantitative estimate of drug-likeness (QED) is 0.123. The van der Waals surface area contributed by atoms with Crippen LogP contribution in [0.15, 0.2) is 139 Å². The summed E-state index contributed by atoms with van der Waals surface area (Å²) in [7, 11) is 0. The van der Waals surface area contributed by atoms with Crippen LogP contribution in [0.3, 0.4) is 0 Å². The van der Waals surface area contributed by atoms with Gasteiger partial charge in [-0.1, -0.05) is 95.8 Å². The van der Waals surface area contributed by atoms with Gasteiger partial charge in [-0.25, -0.2) is 0 Å². The molecule has 3 aromatic carbocycles. The number of nitrogens with one attached hydrogen (secondary N) is 2. The molecule has 2 aliphatic heterocycles. The van der Waals surface area contributed by atoms with E-state index in [9.17, 15) is 10.1 Å². The molecule has 0 atom stereocenters. The summed E-state index contributed by atoms with van der Waals surface area (Å²) in [6, 6.07) is 31.0. The molecule has 11 nitrogen and oxygen atoms in total. The third-order valence-electron chi connectivity index (χ3n) is 6.98. The van der Waals surface area contributed by atoms with E-state index in [2.05, 4.69) is 79.6 Å². The first-order valence-corrected chi connectivity index (χ1v) is 17.0. The lowest BCUT2D eigenvalue weighted by atomic mass is 10.0. The Bertz CT molecular complexity index is 1960. The first-order chi connectivity index (χ1) is 23.5. The third-order valence-corrected chi connectivity index (χ3v) is 9.13. The molecule has 5 aromatic rings. The molecule has 0 aliphatic carbocycles. The van der Waals surface area contributed by atoms with E-state index in [-0.39, 0.29) is 10.7 Å². The fourth-order valence-corrected chi connectivity index (χ4v) is 6.24. The van der Waals surface area contributed by atoms with Crippen LogP contribution in [-0.2, 0) is 13.1 Å². The van der Waals surface area contributed by atoms with Gasteiger partial charge < -0.3 is 8.83 Å². The minimum Gasteiger partial charge on any atom is -0.467 e. The lowest BCUT2D eigenvalue weighted by Gasteiger charge is -2.15. The topological polar surface area (TPSA) is 143 Å². The van der Waals surface area contributed by atoms with Crippen LogP contribution in [0.4, 0.5) is 5.69 Å². The molecular weight excluding hydrogens is 670 g/mol. The van der Waals surface area contributed by atoms with Crippen molar-refractivity contribution < 1.29 is 13.8 Å². The predicted octanol–water partition coefficient (Wildman–Crippen LogP) is 7.98. The van der Waals surface area contributed by atoms with Gasteiger partial charge in [0.05, 0.1) is 42.0 Å². The smallest absolute Gasteiger partial charge is 0.288 e. The van der Waals surface area contributed by atoms with E-state index >= 15 is 0 Å². The number of nitro groups is 1. The highest BCUT2D eigenvalue weighted by molar-refractivity contribution is 8.14. The van der Waals surface area contributed by atoms with Crippen molar-refractivity contribution in [3.8, 4) is 11.1 Å². The Kier molecular flexibility index (Phi) is 11.0. The predicted molar refractivity (Wildman–Crippen MR) is 194 cm³/mol. The molecule has 14 heteroatoms. The van der Waals surface area contributed by atoms with Gasteiger partial charge >= 0.3 is 0 Å². The largest absolute Gasteiger partial charge is 0.467 e. The number of hydrazone groups is 2.